The van der Waals surface area contributed by atoms with Crippen LogP contribution in [-0.4, -0.2) is 32.9 Å². The highest BCUT2D eigenvalue weighted by Gasteiger charge is 2.10. The molecule has 3 aromatic carbocycles. The first-order valence-electron chi connectivity index (χ1n) is 9.62. The Morgan fingerprint density at radius 1 is 0.594 bits per heavy atom. The minimum atomic E-state index is -1.10. The van der Waals surface area contributed by atoms with E-state index in [-0.39, 0.29) is 13.2 Å². The van der Waals surface area contributed by atoms with E-state index in [1.165, 1.54) is 0 Å². The van der Waals surface area contributed by atoms with Crippen LogP contribution in [0.3, 0.4) is 0 Å². The van der Waals surface area contributed by atoms with Gasteiger partial charge >= 0.3 is 11.9 Å². The lowest BCUT2D eigenvalue weighted by atomic mass is 10.1. The van der Waals surface area contributed by atoms with Crippen LogP contribution in [-0.2, 0) is 44.3 Å². The van der Waals surface area contributed by atoms with E-state index in [0.717, 1.165) is 11.1 Å². The van der Waals surface area contributed by atoms with E-state index in [1.807, 2.05) is 0 Å². The fourth-order valence-corrected chi connectivity index (χ4v) is 3.80. The van der Waals surface area contributed by atoms with Crippen molar-refractivity contribution in [2.24, 2.45) is 0 Å². The third kappa shape index (κ3) is 6.45. The Hall–Kier alpha value is -3.10. The third-order valence-corrected chi connectivity index (χ3v) is 6.48. The van der Waals surface area contributed by atoms with Gasteiger partial charge in [0.1, 0.15) is 13.2 Å². The summed E-state index contributed by atoms with van der Waals surface area (Å²) in [5.74, 6) is -0.927. The molecule has 0 fully saturated rings. The summed E-state index contributed by atoms with van der Waals surface area (Å²) in [6.45, 7) is 0.205. The summed E-state index contributed by atoms with van der Waals surface area (Å²) in [6.07, 6.45) is 3.15. The molecule has 8 heteroatoms. The van der Waals surface area contributed by atoms with E-state index < -0.39 is 33.5 Å². The number of hydrogen-bond acceptors (Lipinski definition) is 6. The molecule has 0 amide bonds. The quantitative estimate of drug-likeness (QED) is 0.465. The SMILES string of the molecule is C[S@@](=O)c1ccc(C(=O)OCc2ccc(COC(=O)c3ccc([S@@](C)=O)cc3)cc2)cc1. The van der Waals surface area contributed by atoms with Crippen molar-refractivity contribution in [2.45, 2.75) is 23.0 Å². The molecule has 0 unspecified atom stereocenters. The van der Waals surface area contributed by atoms with Gasteiger partial charge in [-0.25, -0.2) is 9.59 Å². The molecule has 2 atom stereocenters. The van der Waals surface area contributed by atoms with Crippen molar-refractivity contribution >= 4 is 33.5 Å². The van der Waals surface area contributed by atoms with Gasteiger partial charge in [-0.15, -0.1) is 0 Å². The van der Waals surface area contributed by atoms with Gasteiger partial charge in [0.15, 0.2) is 0 Å². The zero-order chi connectivity index (χ0) is 23.1. The fourth-order valence-electron chi connectivity index (χ4n) is 2.76. The molecule has 3 aromatic rings. The Labute approximate surface area is 191 Å². The summed E-state index contributed by atoms with van der Waals surface area (Å²) < 4.78 is 33.5. The Bertz CT molecular complexity index is 1040. The summed E-state index contributed by atoms with van der Waals surface area (Å²) in [5, 5.41) is 0. The monoisotopic (exact) mass is 470 g/mol. The summed E-state index contributed by atoms with van der Waals surface area (Å²) in [7, 11) is -2.20. The average molecular weight is 471 g/mol. The van der Waals surface area contributed by atoms with Crippen LogP contribution in [0.15, 0.2) is 82.6 Å². The molecular formula is C24H22O6S2. The van der Waals surface area contributed by atoms with Crippen LogP contribution in [0.2, 0.25) is 0 Å². The lowest BCUT2D eigenvalue weighted by Crippen LogP contribution is -2.06. The van der Waals surface area contributed by atoms with Crippen molar-refractivity contribution in [3.8, 4) is 0 Å². The average Bonchev–Trinajstić information content (AvgIpc) is 2.81. The molecule has 3 rings (SSSR count). The number of carbonyl (C=O) groups is 2. The topological polar surface area (TPSA) is 86.7 Å². The van der Waals surface area contributed by atoms with E-state index in [0.29, 0.717) is 20.9 Å². The van der Waals surface area contributed by atoms with Gasteiger partial charge in [-0.2, -0.15) is 0 Å². The maximum absolute atomic E-state index is 12.2. The summed E-state index contributed by atoms with van der Waals surface area (Å²) in [5.41, 5.74) is 2.37. The molecule has 0 aromatic heterocycles. The summed E-state index contributed by atoms with van der Waals surface area (Å²) in [6, 6.07) is 20.1. The fraction of sp³-hybridized carbons (Fsp3) is 0.167. The van der Waals surface area contributed by atoms with Crippen LogP contribution in [0.5, 0.6) is 0 Å². The Morgan fingerprint density at radius 3 is 1.19 bits per heavy atom. The standard InChI is InChI=1S/C24H22O6S2/c1-31(27)21-11-7-19(8-12-21)23(25)29-15-17-3-5-18(6-4-17)16-30-24(26)20-9-13-22(14-10-20)32(2)28/h3-14H,15-16H2,1-2H3/t31-,32-/m1/s1. The lowest BCUT2D eigenvalue weighted by molar-refractivity contribution is 0.0460. The summed E-state index contributed by atoms with van der Waals surface area (Å²) >= 11 is 0. The van der Waals surface area contributed by atoms with Gasteiger partial charge in [-0.1, -0.05) is 24.3 Å². The smallest absolute Gasteiger partial charge is 0.338 e. The Balaban J connectivity index is 1.49. The minimum Gasteiger partial charge on any atom is -0.457 e. The zero-order valence-corrected chi connectivity index (χ0v) is 19.2. The first-order valence-corrected chi connectivity index (χ1v) is 12.7. The highest BCUT2D eigenvalue weighted by atomic mass is 32.2. The Morgan fingerprint density at radius 2 is 0.906 bits per heavy atom. The van der Waals surface area contributed by atoms with Crippen molar-refractivity contribution in [1.82, 2.24) is 0 Å². The molecule has 6 nitrogen and oxygen atoms in total. The maximum Gasteiger partial charge on any atom is 0.338 e. The van der Waals surface area contributed by atoms with E-state index >= 15 is 0 Å². The lowest BCUT2D eigenvalue weighted by Gasteiger charge is -2.08. The van der Waals surface area contributed by atoms with Crippen molar-refractivity contribution in [1.29, 1.82) is 0 Å². The molecule has 0 heterocycles. The Kier molecular flexibility index (Phi) is 8.08. The molecule has 32 heavy (non-hydrogen) atoms. The molecule has 0 N–H and O–H groups in total. The highest BCUT2D eigenvalue weighted by Crippen LogP contribution is 2.13. The van der Waals surface area contributed by atoms with Crippen molar-refractivity contribution < 1.29 is 27.5 Å². The van der Waals surface area contributed by atoms with Gasteiger partial charge in [0, 0.05) is 43.9 Å². The van der Waals surface area contributed by atoms with Crippen molar-refractivity contribution in [3.63, 3.8) is 0 Å². The largest absolute Gasteiger partial charge is 0.457 e. The predicted octanol–water partition coefficient (Wildman–Crippen LogP) is 3.88. The van der Waals surface area contributed by atoms with Crippen LogP contribution in [0.1, 0.15) is 31.8 Å². The molecule has 0 aliphatic rings. The van der Waals surface area contributed by atoms with Crippen molar-refractivity contribution in [2.75, 3.05) is 12.5 Å². The van der Waals surface area contributed by atoms with Gasteiger partial charge in [0.2, 0.25) is 0 Å². The molecule has 166 valence electrons. The van der Waals surface area contributed by atoms with Gasteiger partial charge < -0.3 is 9.47 Å². The number of esters is 2. The maximum atomic E-state index is 12.2. The highest BCUT2D eigenvalue weighted by molar-refractivity contribution is 7.84. The molecule has 0 saturated carbocycles. The normalized spacial score (nSPS) is 12.6. The van der Waals surface area contributed by atoms with Gasteiger partial charge in [-0.3, -0.25) is 8.42 Å². The molecule has 0 aliphatic carbocycles. The van der Waals surface area contributed by atoms with Crippen molar-refractivity contribution in [3.05, 3.63) is 95.1 Å². The zero-order valence-electron chi connectivity index (χ0n) is 17.6. The van der Waals surface area contributed by atoms with Crippen LogP contribution >= 0.6 is 0 Å². The van der Waals surface area contributed by atoms with Crippen LogP contribution in [0.25, 0.3) is 0 Å². The summed E-state index contributed by atoms with van der Waals surface area (Å²) in [4.78, 5) is 25.6. The second kappa shape index (κ2) is 11.0. The van der Waals surface area contributed by atoms with Gasteiger partial charge in [0.25, 0.3) is 0 Å². The second-order valence-electron chi connectivity index (χ2n) is 6.93. The molecule has 0 spiro atoms. The van der Waals surface area contributed by atoms with Crippen LogP contribution < -0.4 is 0 Å². The van der Waals surface area contributed by atoms with Gasteiger partial charge in [-0.05, 0) is 59.7 Å². The van der Waals surface area contributed by atoms with Crippen LogP contribution in [0.4, 0.5) is 0 Å². The number of ether oxygens (including phenoxy) is 2. The predicted molar refractivity (Wildman–Crippen MR) is 122 cm³/mol. The van der Waals surface area contributed by atoms with E-state index in [1.54, 1.807) is 85.3 Å². The molecule has 0 radical (unpaired) electrons. The van der Waals surface area contributed by atoms with E-state index in [2.05, 4.69) is 0 Å². The second-order valence-corrected chi connectivity index (χ2v) is 9.69. The van der Waals surface area contributed by atoms with Crippen LogP contribution in [0, 0.1) is 0 Å². The molecular weight excluding hydrogens is 448 g/mol. The van der Waals surface area contributed by atoms with Gasteiger partial charge in [0.05, 0.1) is 11.1 Å². The number of benzene rings is 3. The molecule has 0 aliphatic heterocycles. The first-order chi connectivity index (χ1) is 15.3. The van der Waals surface area contributed by atoms with E-state index in [4.69, 9.17) is 9.47 Å². The number of rotatable bonds is 8. The third-order valence-electron chi connectivity index (χ3n) is 4.61. The van der Waals surface area contributed by atoms with E-state index in [9.17, 15) is 18.0 Å². The molecule has 0 bridgehead atoms. The number of carbonyl (C=O) groups excluding carboxylic acids is 2. The number of hydrogen-bond donors (Lipinski definition) is 0. The molecule has 0 saturated heterocycles. The minimum absolute atomic E-state index is 0.103. The first kappa shape index (κ1) is 23.6.